The van der Waals surface area contributed by atoms with Crippen molar-refractivity contribution in [2.24, 2.45) is 5.92 Å². The number of carboxylic acid groups (broad SMARTS) is 1. The van der Waals surface area contributed by atoms with Crippen LogP contribution in [0.15, 0.2) is 72.8 Å². The Morgan fingerprint density at radius 3 is 2.54 bits per heavy atom. The highest BCUT2D eigenvalue weighted by molar-refractivity contribution is 5.86. The van der Waals surface area contributed by atoms with Crippen molar-refractivity contribution in [2.75, 3.05) is 19.6 Å². The third kappa shape index (κ3) is 3.60. The molecule has 1 amide bonds. The lowest BCUT2D eigenvalue weighted by Gasteiger charge is -2.32. The summed E-state index contributed by atoms with van der Waals surface area (Å²) in [7, 11) is 0. The van der Waals surface area contributed by atoms with Crippen LogP contribution in [-0.4, -0.2) is 35.7 Å². The summed E-state index contributed by atoms with van der Waals surface area (Å²) in [5.41, 5.74) is 2.34. The zero-order chi connectivity index (χ0) is 19.5. The minimum atomic E-state index is -0.862. The second kappa shape index (κ2) is 8.03. The maximum absolute atomic E-state index is 12.2. The number of carbonyl (C=O) groups is 1. The van der Waals surface area contributed by atoms with E-state index in [0.717, 1.165) is 29.4 Å². The Morgan fingerprint density at radius 1 is 1.04 bits per heavy atom. The van der Waals surface area contributed by atoms with E-state index in [-0.39, 0.29) is 12.0 Å². The van der Waals surface area contributed by atoms with Crippen LogP contribution in [0, 0.1) is 5.92 Å². The highest BCUT2D eigenvalue weighted by atomic mass is 16.4. The molecule has 0 unspecified atom stereocenters. The fourth-order valence-electron chi connectivity index (χ4n) is 4.45. The molecule has 3 aromatic rings. The first kappa shape index (κ1) is 18.5. The van der Waals surface area contributed by atoms with Crippen LogP contribution in [0.4, 0.5) is 4.79 Å². The topological polar surface area (TPSA) is 52.6 Å². The predicted molar refractivity (Wildman–Crippen MR) is 113 cm³/mol. The van der Waals surface area contributed by atoms with E-state index in [0.29, 0.717) is 12.5 Å². The number of hydrogen-bond donors (Lipinski definition) is 2. The summed E-state index contributed by atoms with van der Waals surface area (Å²) in [6.45, 7) is 4.25. The Labute approximate surface area is 165 Å². The van der Waals surface area contributed by atoms with Crippen LogP contribution in [0.3, 0.4) is 0 Å². The number of amides is 1. The average Bonchev–Trinajstić information content (AvgIpc) is 3.20. The summed E-state index contributed by atoms with van der Waals surface area (Å²) in [6, 6.07) is 24.5. The highest BCUT2D eigenvalue weighted by Gasteiger charge is 2.33. The molecule has 1 saturated heterocycles. The van der Waals surface area contributed by atoms with Gasteiger partial charge < -0.3 is 15.3 Å². The third-order valence-corrected chi connectivity index (χ3v) is 5.99. The van der Waals surface area contributed by atoms with Crippen molar-refractivity contribution < 1.29 is 9.90 Å². The lowest BCUT2D eigenvalue weighted by atomic mass is 9.88. The number of nitrogens with zero attached hydrogens (tertiary/aromatic N) is 1. The fraction of sp³-hybridized carbons (Fsp3) is 0.292. The van der Waals surface area contributed by atoms with E-state index in [1.165, 1.54) is 5.56 Å². The quantitative estimate of drug-likeness (QED) is 0.669. The highest BCUT2D eigenvalue weighted by Crippen LogP contribution is 2.33. The van der Waals surface area contributed by atoms with Gasteiger partial charge in [-0.15, -0.1) is 0 Å². The third-order valence-electron chi connectivity index (χ3n) is 5.99. The van der Waals surface area contributed by atoms with Crippen molar-refractivity contribution in [2.45, 2.75) is 18.9 Å². The summed E-state index contributed by atoms with van der Waals surface area (Å²) in [6.07, 6.45) is -0.862. The number of fused-ring (bicyclic) bond motifs is 1. The molecule has 1 heterocycles. The zero-order valence-electron chi connectivity index (χ0n) is 16.1. The van der Waals surface area contributed by atoms with Gasteiger partial charge in [0.2, 0.25) is 0 Å². The van der Waals surface area contributed by atoms with E-state index < -0.39 is 6.09 Å². The molecule has 4 nitrogen and oxygen atoms in total. The van der Waals surface area contributed by atoms with E-state index >= 15 is 0 Å². The second-order valence-electron chi connectivity index (χ2n) is 7.61. The van der Waals surface area contributed by atoms with Crippen LogP contribution in [0.2, 0.25) is 0 Å². The van der Waals surface area contributed by atoms with Crippen LogP contribution in [0.5, 0.6) is 0 Å². The summed E-state index contributed by atoms with van der Waals surface area (Å²) >= 11 is 0. The molecule has 0 aromatic heterocycles. The molecule has 0 bridgehead atoms. The van der Waals surface area contributed by atoms with E-state index in [4.69, 9.17) is 0 Å². The SMILES string of the molecule is C[C@H](c1cccc2ccccc12)N(C[C@@H]1CNC[C@@H]1c1ccccc1)C(=O)O. The molecule has 4 rings (SSSR count). The summed E-state index contributed by atoms with van der Waals surface area (Å²) in [5.74, 6) is 0.596. The summed E-state index contributed by atoms with van der Waals surface area (Å²) in [4.78, 5) is 13.8. The molecule has 1 aliphatic heterocycles. The molecule has 3 atom stereocenters. The van der Waals surface area contributed by atoms with Crippen LogP contribution in [0.1, 0.15) is 30.0 Å². The minimum absolute atomic E-state index is 0.208. The first-order valence-corrected chi connectivity index (χ1v) is 9.88. The lowest BCUT2D eigenvalue weighted by Crippen LogP contribution is -2.38. The standard InChI is InChI=1S/C24H26N2O2/c1-17(21-13-7-11-18-10-5-6-12-22(18)21)26(24(27)28)16-20-14-25-15-23(20)19-8-3-2-4-9-19/h2-13,17,20,23,25H,14-16H2,1H3,(H,27,28)/t17-,20+,23-/m1/s1. The van der Waals surface area contributed by atoms with Crippen LogP contribution >= 0.6 is 0 Å². The van der Waals surface area contributed by atoms with Crippen molar-refractivity contribution in [3.05, 3.63) is 83.9 Å². The molecule has 3 aromatic carbocycles. The van der Waals surface area contributed by atoms with Gasteiger partial charge in [-0.2, -0.15) is 0 Å². The van der Waals surface area contributed by atoms with Gasteiger partial charge in [0, 0.05) is 25.6 Å². The van der Waals surface area contributed by atoms with Gasteiger partial charge in [-0.25, -0.2) is 4.79 Å². The van der Waals surface area contributed by atoms with Crippen molar-refractivity contribution in [1.29, 1.82) is 0 Å². The second-order valence-corrected chi connectivity index (χ2v) is 7.61. The van der Waals surface area contributed by atoms with Crippen molar-refractivity contribution in [3.63, 3.8) is 0 Å². The van der Waals surface area contributed by atoms with Crippen molar-refractivity contribution >= 4 is 16.9 Å². The maximum Gasteiger partial charge on any atom is 0.407 e. The molecule has 0 spiro atoms. The Morgan fingerprint density at radius 2 is 1.75 bits per heavy atom. The number of rotatable bonds is 5. The molecule has 2 N–H and O–H groups in total. The summed E-state index contributed by atoms with van der Waals surface area (Å²) < 4.78 is 0. The Balaban J connectivity index is 1.61. The molecular formula is C24H26N2O2. The van der Waals surface area contributed by atoms with Crippen molar-refractivity contribution in [3.8, 4) is 0 Å². The first-order chi connectivity index (χ1) is 13.6. The van der Waals surface area contributed by atoms with Gasteiger partial charge in [0.15, 0.2) is 0 Å². The molecular weight excluding hydrogens is 348 g/mol. The molecule has 4 heteroatoms. The maximum atomic E-state index is 12.2. The fourth-order valence-corrected chi connectivity index (χ4v) is 4.45. The Kier molecular flexibility index (Phi) is 5.31. The van der Waals surface area contributed by atoms with Gasteiger partial charge in [-0.05, 0) is 34.7 Å². The van der Waals surface area contributed by atoms with Crippen molar-refractivity contribution in [1.82, 2.24) is 10.2 Å². The zero-order valence-corrected chi connectivity index (χ0v) is 16.1. The van der Waals surface area contributed by atoms with E-state index in [1.807, 2.05) is 37.3 Å². The van der Waals surface area contributed by atoms with Crippen LogP contribution < -0.4 is 5.32 Å². The van der Waals surface area contributed by atoms with Crippen LogP contribution in [0.25, 0.3) is 10.8 Å². The van der Waals surface area contributed by atoms with Gasteiger partial charge >= 0.3 is 6.09 Å². The molecule has 0 radical (unpaired) electrons. The number of benzene rings is 3. The van der Waals surface area contributed by atoms with Gasteiger partial charge in [-0.3, -0.25) is 0 Å². The first-order valence-electron chi connectivity index (χ1n) is 9.88. The molecule has 144 valence electrons. The van der Waals surface area contributed by atoms with E-state index in [9.17, 15) is 9.90 Å². The Bertz CT molecular complexity index is 952. The van der Waals surface area contributed by atoms with E-state index in [1.54, 1.807) is 4.90 Å². The molecule has 1 fully saturated rings. The number of nitrogens with one attached hydrogen (secondary N) is 1. The van der Waals surface area contributed by atoms with Gasteiger partial charge in [0.1, 0.15) is 0 Å². The smallest absolute Gasteiger partial charge is 0.407 e. The van der Waals surface area contributed by atoms with Gasteiger partial charge in [0.25, 0.3) is 0 Å². The van der Waals surface area contributed by atoms with Gasteiger partial charge in [-0.1, -0.05) is 72.8 Å². The van der Waals surface area contributed by atoms with Crippen LogP contribution in [-0.2, 0) is 0 Å². The lowest BCUT2D eigenvalue weighted by molar-refractivity contribution is 0.118. The monoisotopic (exact) mass is 374 g/mol. The minimum Gasteiger partial charge on any atom is -0.465 e. The molecule has 1 aliphatic rings. The molecule has 28 heavy (non-hydrogen) atoms. The predicted octanol–water partition coefficient (Wildman–Crippen LogP) is 4.88. The molecule has 0 saturated carbocycles. The van der Waals surface area contributed by atoms with E-state index in [2.05, 4.69) is 47.8 Å². The molecule has 0 aliphatic carbocycles. The largest absolute Gasteiger partial charge is 0.465 e. The summed E-state index contributed by atoms with van der Waals surface area (Å²) in [5, 5.41) is 15.7. The average molecular weight is 374 g/mol. The van der Waals surface area contributed by atoms with Gasteiger partial charge in [0.05, 0.1) is 6.04 Å². The normalized spacial score (nSPS) is 20.2. The number of hydrogen-bond acceptors (Lipinski definition) is 2. The Hall–Kier alpha value is -2.85.